The molecule has 0 aromatic heterocycles. The summed E-state index contributed by atoms with van der Waals surface area (Å²) in [5.41, 5.74) is 2.66. The molecule has 0 spiro atoms. The van der Waals surface area contributed by atoms with Gasteiger partial charge in [-0.15, -0.1) is 0 Å². The van der Waals surface area contributed by atoms with Crippen molar-refractivity contribution in [1.82, 2.24) is 10.2 Å². The van der Waals surface area contributed by atoms with Crippen LogP contribution in [0.4, 0.5) is 5.69 Å². The topological polar surface area (TPSA) is 70.7 Å². The van der Waals surface area contributed by atoms with Gasteiger partial charge in [0.1, 0.15) is 0 Å². The smallest absolute Gasteiger partial charge is 0.255 e. The standard InChI is InChI=1S/C23H29N3O3/c1-16-9-10-20(13-21(16)25-23(28)19-7-5-4-6-8-19)22(27)24-11-12-26-14-17(2)29-18(3)15-26/h4-10,13,17-18H,11-12,14-15H2,1-3H3,(H,24,27)(H,25,28). The van der Waals surface area contributed by atoms with Gasteiger partial charge in [0, 0.05) is 43.0 Å². The maximum atomic E-state index is 12.6. The van der Waals surface area contributed by atoms with Crippen LogP contribution >= 0.6 is 0 Å². The Labute approximate surface area is 172 Å². The predicted octanol–water partition coefficient (Wildman–Crippen LogP) is 3.09. The van der Waals surface area contributed by atoms with Crippen molar-refractivity contribution in [3.05, 3.63) is 65.2 Å². The van der Waals surface area contributed by atoms with Gasteiger partial charge in [0.2, 0.25) is 0 Å². The molecule has 0 saturated carbocycles. The molecule has 2 aromatic rings. The molecule has 2 atom stereocenters. The molecule has 2 amide bonds. The summed E-state index contributed by atoms with van der Waals surface area (Å²) in [6.07, 6.45) is 0.421. The summed E-state index contributed by atoms with van der Waals surface area (Å²) in [4.78, 5) is 27.3. The molecule has 6 heteroatoms. The molecule has 1 aliphatic rings. The maximum Gasteiger partial charge on any atom is 0.255 e. The lowest BCUT2D eigenvalue weighted by molar-refractivity contribution is -0.0672. The van der Waals surface area contributed by atoms with E-state index in [2.05, 4.69) is 29.4 Å². The lowest BCUT2D eigenvalue weighted by Crippen LogP contribution is -2.47. The number of morpholine rings is 1. The zero-order valence-corrected chi connectivity index (χ0v) is 17.3. The molecule has 29 heavy (non-hydrogen) atoms. The molecule has 1 saturated heterocycles. The number of amides is 2. The number of nitrogens with one attached hydrogen (secondary N) is 2. The molecular formula is C23H29N3O3. The van der Waals surface area contributed by atoms with Crippen molar-refractivity contribution in [2.24, 2.45) is 0 Å². The van der Waals surface area contributed by atoms with Gasteiger partial charge in [-0.2, -0.15) is 0 Å². The Morgan fingerprint density at radius 2 is 1.69 bits per heavy atom. The van der Waals surface area contributed by atoms with Crippen LogP contribution in [0.25, 0.3) is 0 Å². The Bertz CT molecular complexity index is 844. The fourth-order valence-corrected chi connectivity index (χ4v) is 3.58. The molecule has 2 unspecified atom stereocenters. The summed E-state index contributed by atoms with van der Waals surface area (Å²) in [6.45, 7) is 9.15. The molecule has 6 nitrogen and oxygen atoms in total. The van der Waals surface area contributed by atoms with E-state index in [9.17, 15) is 9.59 Å². The number of aryl methyl sites for hydroxylation is 1. The summed E-state index contributed by atoms with van der Waals surface area (Å²) in [7, 11) is 0. The number of nitrogens with zero attached hydrogens (tertiary/aromatic N) is 1. The molecule has 0 radical (unpaired) electrons. The number of hydrogen-bond acceptors (Lipinski definition) is 4. The molecule has 2 aromatic carbocycles. The van der Waals surface area contributed by atoms with E-state index in [1.54, 1.807) is 24.3 Å². The van der Waals surface area contributed by atoms with Crippen LogP contribution in [-0.2, 0) is 4.74 Å². The Balaban J connectivity index is 1.57. The minimum absolute atomic E-state index is 0.144. The highest BCUT2D eigenvalue weighted by molar-refractivity contribution is 6.05. The highest BCUT2D eigenvalue weighted by atomic mass is 16.5. The van der Waals surface area contributed by atoms with E-state index in [1.807, 2.05) is 31.2 Å². The van der Waals surface area contributed by atoms with Crippen molar-refractivity contribution in [1.29, 1.82) is 0 Å². The zero-order valence-electron chi connectivity index (χ0n) is 17.3. The first-order valence-corrected chi connectivity index (χ1v) is 10.1. The van der Waals surface area contributed by atoms with Gasteiger partial charge in [-0.25, -0.2) is 0 Å². The molecule has 1 fully saturated rings. The Morgan fingerprint density at radius 3 is 2.38 bits per heavy atom. The summed E-state index contributed by atoms with van der Waals surface area (Å²) < 4.78 is 5.74. The van der Waals surface area contributed by atoms with Gasteiger partial charge in [0.15, 0.2) is 0 Å². The summed E-state index contributed by atoms with van der Waals surface area (Å²) in [5, 5.41) is 5.87. The average molecular weight is 396 g/mol. The van der Waals surface area contributed by atoms with Gasteiger partial charge < -0.3 is 15.4 Å². The number of rotatable bonds is 6. The highest BCUT2D eigenvalue weighted by Gasteiger charge is 2.21. The number of anilines is 1. The fourth-order valence-electron chi connectivity index (χ4n) is 3.58. The first-order chi connectivity index (χ1) is 13.9. The third kappa shape index (κ3) is 5.89. The second-order valence-corrected chi connectivity index (χ2v) is 7.62. The van der Waals surface area contributed by atoms with Crippen molar-refractivity contribution in [3.8, 4) is 0 Å². The normalized spacial score (nSPS) is 19.6. The number of ether oxygens (including phenoxy) is 1. The molecule has 154 valence electrons. The van der Waals surface area contributed by atoms with Crippen LogP contribution in [0.1, 0.15) is 40.1 Å². The highest BCUT2D eigenvalue weighted by Crippen LogP contribution is 2.18. The first kappa shape index (κ1) is 21.0. The van der Waals surface area contributed by atoms with Crippen molar-refractivity contribution in [2.75, 3.05) is 31.5 Å². The molecule has 3 rings (SSSR count). The number of hydrogen-bond donors (Lipinski definition) is 2. The lowest BCUT2D eigenvalue weighted by Gasteiger charge is -2.35. The van der Waals surface area contributed by atoms with Crippen LogP contribution in [-0.4, -0.2) is 55.1 Å². The van der Waals surface area contributed by atoms with E-state index in [1.165, 1.54) is 0 Å². The third-order valence-corrected chi connectivity index (χ3v) is 4.99. The van der Waals surface area contributed by atoms with E-state index < -0.39 is 0 Å². The summed E-state index contributed by atoms with van der Waals surface area (Å²) in [5.74, 6) is -0.337. The molecular weight excluding hydrogens is 366 g/mol. The van der Waals surface area contributed by atoms with E-state index in [0.29, 0.717) is 23.4 Å². The van der Waals surface area contributed by atoms with E-state index >= 15 is 0 Å². The zero-order chi connectivity index (χ0) is 20.8. The second-order valence-electron chi connectivity index (χ2n) is 7.62. The fraction of sp³-hybridized carbons (Fsp3) is 0.391. The van der Waals surface area contributed by atoms with E-state index in [0.717, 1.165) is 25.2 Å². The van der Waals surface area contributed by atoms with Crippen molar-refractivity contribution >= 4 is 17.5 Å². The number of carbonyl (C=O) groups is 2. The predicted molar refractivity (Wildman–Crippen MR) is 114 cm³/mol. The monoisotopic (exact) mass is 395 g/mol. The van der Waals surface area contributed by atoms with Crippen LogP contribution in [0.3, 0.4) is 0 Å². The average Bonchev–Trinajstić information content (AvgIpc) is 2.69. The minimum atomic E-state index is -0.193. The number of benzene rings is 2. The van der Waals surface area contributed by atoms with Gasteiger partial charge in [-0.3, -0.25) is 14.5 Å². The third-order valence-electron chi connectivity index (χ3n) is 4.99. The molecule has 2 N–H and O–H groups in total. The summed E-state index contributed by atoms with van der Waals surface area (Å²) >= 11 is 0. The lowest BCUT2D eigenvalue weighted by atomic mass is 10.1. The first-order valence-electron chi connectivity index (χ1n) is 10.1. The SMILES string of the molecule is Cc1ccc(C(=O)NCCN2CC(C)OC(C)C2)cc1NC(=O)c1ccccc1. The van der Waals surface area contributed by atoms with Gasteiger partial charge in [0.05, 0.1) is 12.2 Å². The van der Waals surface area contributed by atoms with Crippen LogP contribution in [0.15, 0.2) is 48.5 Å². The van der Waals surface area contributed by atoms with E-state index in [4.69, 9.17) is 4.74 Å². The van der Waals surface area contributed by atoms with Crippen molar-refractivity contribution in [3.63, 3.8) is 0 Å². The Hall–Kier alpha value is -2.70. The molecule has 1 aliphatic heterocycles. The molecule has 0 bridgehead atoms. The van der Waals surface area contributed by atoms with Crippen molar-refractivity contribution in [2.45, 2.75) is 33.0 Å². The Morgan fingerprint density at radius 1 is 1.00 bits per heavy atom. The molecule has 0 aliphatic carbocycles. The van der Waals surface area contributed by atoms with Gasteiger partial charge >= 0.3 is 0 Å². The summed E-state index contributed by atoms with van der Waals surface area (Å²) in [6, 6.07) is 14.4. The number of carbonyl (C=O) groups excluding carboxylic acids is 2. The van der Waals surface area contributed by atoms with Crippen molar-refractivity contribution < 1.29 is 14.3 Å². The minimum Gasteiger partial charge on any atom is -0.373 e. The van der Waals surface area contributed by atoms with E-state index in [-0.39, 0.29) is 24.0 Å². The molecule has 1 heterocycles. The van der Waals surface area contributed by atoms with Crippen LogP contribution in [0.2, 0.25) is 0 Å². The maximum absolute atomic E-state index is 12.6. The van der Waals surface area contributed by atoms with Crippen LogP contribution < -0.4 is 10.6 Å². The Kier molecular flexibility index (Phi) is 7.01. The largest absolute Gasteiger partial charge is 0.373 e. The van der Waals surface area contributed by atoms with Gasteiger partial charge in [0.25, 0.3) is 11.8 Å². The quantitative estimate of drug-likeness (QED) is 0.789. The second kappa shape index (κ2) is 9.67. The van der Waals surface area contributed by atoms with Crippen LogP contribution in [0, 0.1) is 6.92 Å². The van der Waals surface area contributed by atoms with Gasteiger partial charge in [-0.1, -0.05) is 24.3 Å². The van der Waals surface area contributed by atoms with Gasteiger partial charge in [-0.05, 0) is 50.6 Å². The van der Waals surface area contributed by atoms with Crippen LogP contribution in [0.5, 0.6) is 0 Å².